The highest BCUT2D eigenvalue weighted by molar-refractivity contribution is 6.20. The van der Waals surface area contributed by atoms with Gasteiger partial charge in [0.15, 0.2) is 0 Å². The lowest BCUT2D eigenvalue weighted by molar-refractivity contribution is 0.413. The molecule has 1 atom stereocenters. The van der Waals surface area contributed by atoms with Gasteiger partial charge in [0, 0.05) is 11.9 Å². The third-order valence-electron chi connectivity index (χ3n) is 1.82. The Morgan fingerprint density at radius 1 is 1.57 bits per heavy atom. The first kappa shape index (κ1) is 11.1. The summed E-state index contributed by atoms with van der Waals surface area (Å²) >= 11 is 5.81. The van der Waals surface area contributed by atoms with E-state index in [1.807, 2.05) is 19.1 Å². The van der Waals surface area contributed by atoms with Gasteiger partial charge in [-0.05, 0) is 25.5 Å². The van der Waals surface area contributed by atoms with Gasteiger partial charge >= 0.3 is 0 Å². The lowest BCUT2D eigenvalue weighted by Crippen LogP contribution is -2.07. The second kappa shape index (κ2) is 5.70. The Balaban J connectivity index is 2.36. The zero-order chi connectivity index (χ0) is 10.4. The van der Waals surface area contributed by atoms with E-state index >= 15 is 0 Å². The minimum Gasteiger partial charge on any atom is -0.495 e. The molecule has 14 heavy (non-hydrogen) atoms. The van der Waals surface area contributed by atoms with Gasteiger partial charge in [0.1, 0.15) is 11.6 Å². The smallest absolute Gasteiger partial charge is 0.137 e. The standard InChI is InChI=1S/C10H15ClN2O/c1-8(11)5-6-12-10-4-3-9(14-2)7-13-10/h3-4,7-8H,5-6H2,1-2H3,(H,12,13). The average Bonchev–Trinajstić information content (AvgIpc) is 2.18. The second-order valence-corrected chi connectivity index (χ2v) is 3.82. The molecule has 0 amide bonds. The van der Waals surface area contributed by atoms with E-state index < -0.39 is 0 Å². The van der Waals surface area contributed by atoms with Crippen molar-refractivity contribution in [1.29, 1.82) is 0 Å². The highest BCUT2D eigenvalue weighted by atomic mass is 35.5. The minimum absolute atomic E-state index is 0.195. The van der Waals surface area contributed by atoms with E-state index in [-0.39, 0.29) is 5.38 Å². The molecular weight excluding hydrogens is 200 g/mol. The molecule has 1 rings (SSSR count). The van der Waals surface area contributed by atoms with Crippen LogP contribution < -0.4 is 10.1 Å². The molecular formula is C10H15ClN2O. The number of halogens is 1. The third kappa shape index (κ3) is 3.83. The number of hydrogen-bond acceptors (Lipinski definition) is 3. The maximum atomic E-state index is 5.81. The van der Waals surface area contributed by atoms with Gasteiger partial charge in [0.25, 0.3) is 0 Å². The van der Waals surface area contributed by atoms with Crippen molar-refractivity contribution >= 4 is 17.4 Å². The molecule has 3 nitrogen and oxygen atoms in total. The Kier molecular flexibility index (Phi) is 4.53. The highest BCUT2D eigenvalue weighted by Gasteiger charge is 1.97. The van der Waals surface area contributed by atoms with Crippen LogP contribution in [0.15, 0.2) is 18.3 Å². The summed E-state index contributed by atoms with van der Waals surface area (Å²) < 4.78 is 5.00. The maximum absolute atomic E-state index is 5.81. The first-order chi connectivity index (χ1) is 6.72. The normalized spacial score (nSPS) is 12.2. The molecule has 0 aliphatic heterocycles. The van der Waals surface area contributed by atoms with Crippen molar-refractivity contribution in [3.05, 3.63) is 18.3 Å². The first-order valence-electron chi connectivity index (χ1n) is 4.60. The van der Waals surface area contributed by atoms with Crippen molar-refractivity contribution in [1.82, 2.24) is 4.98 Å². The number of hydrogen-bond donors (Lipinski definition) is 1. The van der Waals surface area contributed by atoms with Crippen molar-refractivity contribution in [2.24, 2.45) is 0 Å². The van der Waals surface area contributed by atoms with Crippen LogP contribution in [0.5, 0.6) is 5.75 Å². The fourth-order valence-electron chi connectivity index (χ4n) is 1.00. The lowest BCUT2D eigenvalue weighted by atomic mass is 10.3. The van der Waals surface area contributed by atoms with Crippen LogP contribution in [-0.4, -0.2) is 24.0 Å². The van der Waals surface area contributed by atoms with Crippen LogP contribution in [0.4, 0.5) is 5.82 Å². The van der Waals surface area contributed by atoms with E-state index in [1.54, 1.807) is 13.3 Å². The number of rotatable bonds is 5. The predicted molar refractivity (Wildman–Crippen MR) is 59.2 cm³/mol. The Labute approximate surface area is 89.4 Å². The van der Waals surface area contributed by atoms with E-state index in [0.717, 1.165) is 24.5 Å². The molecule has 0 aliphatic carbocycles. The zero-order valence-electron chi connectivity index (χ0n) is 8.46. The summed E-state index contributed by atoms with van der Waals surface area (Å²) in [6.07, 6.45) is 2.61. The van der Waals surface area contributed by atoms with Crippen molar-refractivity contribution < 1.29 is 4.74 Å². The molecule has 0 aliphatic rings. The Morgan fingerprint density at radius 3 is 2.86 bits per heavy atom. The Hall–Kier alpha value is -0.960. The van der Waals surface area contributed by atoms with Crippen molar-refractivity contribution in [2.45, 2.75) is 18.7 Å². The molecule has 0 bridgehead atoms. The number of nitrogens with one attached hydrogen (secondary N) is 1. The topological polar surface area (TPSA) is 34.1 Å². The van der Waals surface area contributed by atoms with Gasteiger partial charge in [0.05, 0.1) is 13.3 Å². The third-order valence-corrected chi connectivity index (χ3v) is 2.04. The number of nitrogens with zero attached hydrogens (tertiary/aromatic N) is 1. The van der Waals surface area contributed by atoms with Gasteiger partial charge in [-0.2, -0.15) is 0 Å². The van der Waals surface area contributed by atoms with Gasteiger partial charge in [-0.1, -0.05) is 0 Å². The molecule has 1 aromatic heterocycles. The summed E-state index contributed by atoms with van der Waals surface area (Å²) in [4.78, 5) is 4.17. The number of methoxy groups -OCH3 is 1. The molecule has 0 fully saturated rings. The lowest BCUT2D eigenvalue weighted by Gasteiger charge is -2.06. The summed E-state index contributed by atoms with van der Waals surface area (Å²) in [7, 11) is 1.62. The van der Waals surface area contributed by atoms with Crippen LogP contribution in [0.25, 0.3) is 0 Å². The highest BCUT2D eigenvalue weighted by Crippen LogP contribution is 2.11. The largest absolute Gasteiger partial charge is 0.495 e. The molecule has 1 N–H and O–H groups in total. The van der Waals surface area contributed by atoms with E-state index in [2.05, 4.69) is 10.3 Å². The molecule has 0 aromatic carbocycles. The summed E-state index contributed by atoms with van der Waals surface area (Å²) in [6.45, 7) is 2.81. The van der Waals surface area contributed by atoms with Crippen LogP contribution in [0.2, 0.25) is 0 Å². The van der Waals surface area contributed by atoms with E-state index in [1.165, 1.54) is 0 Å². The van der Waals surface area contributed by atoms with Crippen LogP contribution in [-0.2, 0) is 0 Å². The van der Waals surface area contributed by atoms with E-state index in [9.17, 15) is 0 Å². The summed E-state index contributed by atoms with van der Waals surface area (Å²) in [5.74, 6) is 1.62. The fourth-order valence-corrected chi connectivity index (χ4v) is 1.11. The number of ether oxygens (including phenoxy) is 1. The van der Waals surface area contributed by atoms with Gasteiger partial charge in [0.2, 0.25) is 0 Å². The van der Waals surface area contributed by atoms with Crippen molar-refractivity contribution in [3.63, 3.8) is 0 Å². The fraction of sp³-hybridized carbons (Fsp3) is 0.500. The number of anilines is 1. The van der Waals surface area contributed by atoms with Crippen molar-refractivity contribution in [3.8, 4) is 5.75 Å². The zero-order valence-corrected chi connectivity index (χ0v) is 9.21. The van der Waals surface area contributed by atoms with Crippen LogP contribution in [0.3, 0.4) is 0 Å². The van der Waals surface area contributed by atoms with E-state index in [0.29, 0.717) is 0 Å². The SMILES string of the molecule is COc1ccc(NCCC(C)Cl)nc1. The summed E-state index contributed by atoms with van der Waals surface area (Å²) in [5.41, 5.74) is 0. The van der Waals surface area contributed by atoms with Crippen LogP contribution in [0, 0.1) is 0 Å². The van der Waals surface area contributed by atoms with Gasteiger partial charge < -0.3 is 10.1 Å². The molecule has 1 heterocycles. The van der Waals surface area contributed by atoms with Gasteiger partial charge in [-0.15, -0.1) is 11.6 Å². The molecule has 0 spiro atoms. The molecule has 0 radical (unpaired) electrons. The van der Waals surface area contributed by atoms with Crippen molar-refractivity contribution in [2.75, 3.05) is 19.0 Å². The predicted octanol–water partition coefficient (Wildman–Crippen LogP) is 2.52. The Morgan fingerprint density at radius 2 is 2.36 bits per heavy atom. The number of pyridine rings is 1. The minimum atomic E-state index is 0.195. The van der Waals surface area contributed by atoms with Crippen LogP contribution in [0.1, 0.15) is 13.3 Å². The van der Waals surface area contributed by atoms with E-state index in [4.69, 9.17) is 16.3 Å². The number of alkyl halides is 1. The molecule has 1 unspecified atom stereocenters. The maximum Gasteiger partial charge on any atom is 0.137 e. The average molecular weight is 215 g/mol. The Bertz CT molecular complexity index is 261. The van der Waals surface area contributed by atoms with Crippen LogP contribution >= 0.6 is 11.6 Å². The summed E-state index contributed by atoms with van der Waals surface area (Å²) in [5, 5.41) is 3.37. The monoisotopic (exact) mass is 214 g/mol. The first-order valence-corrected chi connectivity index (χ1v) is 5.04. The molecule has 0 saturated carbocycles. The quantitative estimate of drug-likeness (QED) is 0.765. The van der Waals surface area contributed by atoms with Gasteiger partial charge in [-0.25, -0.2) is 4.98 Å². The molecule has 0 saturated heterocycles. The number of aromatic nitrogens is 1. The molecule has 78 valence electrons. The molecule has 1 aromatic rings. The molecule has 4 heteroatoms. The second-order valence-electron chi connectivity index (χ2n) is 3.08. The van der Waals surface area contributed by atoms with Gasteiger partial charge in [-0.3, -0.25) is 0 Å². The summed E-state index contributed by atoms with van der Waals surface area (Å²) in [6, 6.07) is 3.76.